The molecule has 0 N–H and O–H groups in total. The number of aliphatic imine (C=N–C) groups is 1. The molecule has 0 spiro atoms. The maximum atomic E-state index is 5.52. The summed E-state index contributed by atoms with van der Waals surface area (Å²) in [5, 5.41) is 0. The quantitative estimate of drug-likeness (QED) is 0.0469. The van der Waals surface area contributed by atoms with Crippen LogP contribution in [0.1, 0.15) is 25.3 Å². The van der Waals surface area contributed by atoms with Crippen LogP contribution in [0.15, 0.2) is 435 Å². The van der Waals surface area contributed by atoms with Crippen LogP contribution in [-0.2, 0) is 0 Å². The average molecular weight is 1290 g/mol. The Kier molecular flexibility index (Phi) is 19.8. The number of benzene rings is 12. The Morgan fingerprint density at radius 1 is 0.350 bits per heavy atom. The summed E-state index contributed by atoms with van der Waals surface area (Å²) in [6.07, 6.45) is 23.2. The van der Waals surface area contributed by atoms with E-state index in [9.17, 15) is 0 Å². The van der Waals surface area contributed by atoms with Crippen LogP contribution in [0.2, 0.25) is 0 Å². The minimum absolute atomic E-state index is 0.490. The van der Waals surface area contributed by atoms with Gasteiger partial charge in [-0.2, -0.15) is 0 Å². The minimum atomic E-state index is 0.490. The van der Waals surface area contributed by atoms with Crippen molar-refractivity contribution in [3.8, 4) is 0 Å². The number of anilines is 15. The van der Waals surface area contributed by atoms with Gasteiger partial charge in [0.05, 0.1) is 11.4 Å². The van der Waals surface area contributed by atoms with Crippen molar-refractivity contribution in [3.05, 3.63) is 436 Å². The number of hydrogen-bond donors (Lipinski definition) is 0. The van der Waals surface area contributed by atoms with Gasteiger partial charge in [-0.3, -0.25) is 0 Å². The highest BCUT2D eigenvalue weighted by Gasteiger charge is 2.23. The lowest BCUT2D eigenvalue weighted by Crippen LogP contribution is -2.18. The van der Waals surface area contributed by atoms with E-state index in [4.69, 9.17) is 4.99 Å². The van der Waals surface area contributed by atoms with Crippen LogP contribution in [0.4, 0.5) is 91.0 Å². The van der Waals surface area contributed by atoms with Crippen LogP contribution in [0, 0.1) is 5.92 Å². The number of rotatable bonds is 23. The first-order valence-electron chi connectivity index (χ1n) is 34.1. The molecule has 12 aromatic carbocycles. The molecule has 0 bridgehead atoms. The highest BCUT2D eigenvalue weighted by atomic mass is 15.2. The highest BCUT2D eigenvalue weighted by molar-refractivity contribution is 6.14. The third kappa shape index (κ3) is 14.6. The molecule has 0 aromatic heterocycles. The van der Waals surface area contributed by atoms with Crippen molar-refractivity contribution in [3.63, 3.8) is 0 Å². The van der Waals surface area contributed by atoms with E-state index in [1.165, 1.54) is 0 Å². The Balaban J connectivity index is 0.851. The third-order valence-corrected chi connectivity index (χ3v) is 17.9. The molecule has 0 saturated carbocycles. The van der Waals surface area contributed by atoms with Crippen LogP contribution in [0.25, 0.3) is 0 Å². The van der Waals surface area contributed by atoms with E-state index in [1.54, 1.807) is 6.08 Å². The molecule has 0 aliphatic heterocycles. The fourth-order valence-electron chi connectivity index (χ4n) is 13.0. The van der Waals surface area contributed by atoms with Gasteiger partial charge in [0.25, 0.3) is 0 Å². The summed E-state index contributed by atoms with van der Waals surface area (Å²) in [4.78, 5) is 19.3. The van der Waals surface area contributed by atoms with Crippen molar-refractivity contribution < 1.29 is 0 Å². The topological polar surface area (TPSA) is 31.8 Å². The smallest absolute Gasteiger partial charge is 0.0744 e. The van der Waals surface area contributed by atoms with Gasteiger partial charge in [0.2, 0.25) is 0 Å². The maximum Gasteiger partial charge on any atom is 0.0744 e. The summed E-state index contributed by atoms with van der Waals surface area (Å²) < 4.78 is 0. The van der Waals surface area contributed by atoms with Gasteiger partial charge >= 0.3 is 0 Å². The molecule has 7 heteroatoms. The lowest BCUT2D eigenvalue weighted by atomic mass is 9.98. The van der Waals surface area contributed by atoms with Gasteiger partial charge in [0.1, 0.15) is 0 Å². The first-order chi connectivity index (χ1) is 49.4. The summed E-state index contributed by atoms with van der Waals surface area (Å²) >= 11 is 0. The zero-order valence-electron chi connectivity index (χ0n) is 56.1. The monoisotopic (exact) mass is 1290 g/mol. The Morgan fingerprint density at radius 2 is 0.670 bits per heavy atom. The van der Waals surface area contributed by atoms with E-state index >= 15 is 0 Å². The van der Waals surface area contributed by atoms with E-state index in [0.717, 1.165) is 131 Å². The van der Waals surface area contributed by atoms with Crippen molar-refractivity contribution in [2.24, 2.45) is 10.9 Å². The molecule has 0 radical (unpaired) electrons. The minimum Gasteiger partial charge on any atom is -0.311 e. The van der Waals surface area contributed by atoms with E-state index in [2.05, 4.69) is 414 Å². The Hall–Kier alpha value is -13.0. The number of allylic oxidation sites excluding steroid dienone is 11. The van der Waals surface area contributed by atoms with Gasteiger partial charge in [-0.15, -0.1) is 0 Å². The number of hydrogen-bond acceptors (Lipinski definition) is 7. The first kappa shape index (κ1) is 64.4. The fourth-order valence-corrected chi connectivity index (χ4v) is 13.0. The van der Waals surface area contributed by atoms with Gasteiger partial charge < -0.3 is 29.4 Å². The molecule has 1 atom stereocenters. The number of nitrogens with zero attached hydrogens (tertiary/aromatic N) is 7. The predicted octanol–water partition coefficient (Wildman–Crippen LogP) is 25.8. The normalized spacial score (nSPS) is 13.6. The predicted molar refractivity (Wildman–Crippen MR) is 425 cm³/mol. The van der Waals surface area contributed by atoms with E-state index in [-0.39, 0.29) is 0 Å². The van der Waals surface area contributed by atoms with E-state index in [0.29, 0.717) is 12.3 Å². The molecule has 7 nitrogen and oxygen atoms in total. The van der Waals surface area contributed by atoms with Gasteiger partial charge in [-0.25, -0.2) is 4.99 Å². The molecule has 484 valence electrons. The zero-order valence-corrected chi connectivity index (χ0v) is 56.1. The standard InChI is InChI=1S/C93H77N7/c1-4-28-75(5-2)95(76-32-15-7-16-33-76)85-55-57-91(58-56-85)100(92-69-61-87(62-70-92)97(79-38-21-10-22-39-79)80-40-23-11-24-41-80)84-53-48-73(49-54-84)93(94-74-30-13-6-14-31-74)72-29-27-44-82(52-47-72)99(89-65-59-86(60-66-89)96(77-34-17-8-18-35-77)78-36-19-9-20-37-78)90-67-63-88(64-68-90)98(81-42-25-12-26-43-81)83-50-45-71(3)46-51-83/h4-28,30-45,47-71H,1-2,29,46H2,3H3/b75-28+,94-93-. The summed E-state index contributed by atoms with van der Waals surface area (Å²) in [7, 11) is 0. The van der Waals surface area contributed by atoms with Crippen molar-refractivity contribution >= 4 is 96.7 Å². The number of para-hydroxylation sites is 7. The molecule has 0 saturated heterocycles. The molecule has 12 aromatic rings. The molecular weight excluding hydrogens is 1220 g/mol. The van der Waals surface area contributed by atoms with Gasteiger partial charge in [0.15, 0.2) is 0 Å². The van der Waals surface area contributed by atoms with Crippen LogP contribution in [0.3, 0.4) is 0 Å². The molecule has 1 unspecified atom stereocenters. The van der Waals surface area contributed by atoms with Crippen molar-refractivity contribution in [1.29, 1.82) is 0 Å². The molecule has 14 rings (SSSR count). The van der Waals surface area contributed by atoms with Crippen LogP contribution in [0.5, 0.6) is 0 Å². The molecule has 2 aliphatic carbocycles. The van der Waals surface area contributed by atoms with Crippen LogP contribution < -0.4 is 29.4 Å². The van der Waals surface area contributed by atoms with E-state index < -0.39 is 0 Å². The Labute approximate surface area is 589 Å². The lowest BCUT2D eigenvalue weighted by Gasteiger charge is -2.30. The Morgan fingerprint density at radius 3 is 1.04 bits per heavy atom. The molecular formula is C93H77N7. The second-order valence-corrected chi connectivity index (χ2v) is 24.6. The Bertz CT molecular complexity index is 4850. The molecule has 0 heterocycles. The molecule has 0 amide bonds. The van der Waals surface area contributed by atoms with Gasteiger partial charge in [-0.05, 0) is 249 Å². The second kappa shape index (κ2) is 30.8. The largest absolute Gasteiger partial charge is 0.311 e. The summed E-state index contributed by atoms with van der Waals surface area (Å²) in [5.74, 6) is 0.490. The second-order valence-electron chi connectivity index (χ2n) is 24.6. The van der Waals surface area contributed by atoms with Crippen LogP contribution >= 0.6 is 0 Å². The fraction of sp³-hybridized carbons (Fsp3) is 0.0430. The summed E-state index contributed by atoms with van der Waals surface area (Å²) in [5.41, 5.74) is 22.5. The van der Waals surface area contributed by atoms with Gasteiger partial charge in [0, 0.05) is 108 Å². The van der Waals surface area contributed by atoms with Crippen LogP contribution in [-0.4, -0.2) is 5.71 Å². The van der Waals surface area contributed by atoms with Crippen molar-refractivity contribution in [2.45, 2.75) is 19.8 Å². The third-order valence-electron chi connectivity index (χ3n) is 17.9. The van der Waals surface area contributed by atoms with E-state index in [1.807, 2.05) is 24.3 Å². The average Bonchev–Trinajstić information content (AvgIpc) is 1.07. The van der Waals surface area contributed by atoms with Crippen molar-refractivity contribution in [1.82, 2.24) is 0 Å². The lowest BCUT2D eigenvalue weighted by molar-refractivity contribution is 0.728. The highest BCUT2D eigenvalue weighted by Crippen LogP contribution is 2.44. The summed E-state index contributed by atoms with van der Waals surface area (Å²) in [6, 6.07) is 118. The zero-order chi connectivity index (χ0) is 67.8. The first-order valence-corrected chi connectivity index (χ1v) is 34.1. The molecule has 2 aliphatic rings. The SMILES string of the molecule is C=C/C=C(\C=C)N(c1ccccc1)c1ccc(N(c2ccc(/C(=N\c3ccccc3)C3=CC=C(N(c4ccc(N(C5=CCC(C)C=C5)c5ccccc5)cc4)c4ccc(N(c5ccccc5)c5ccccc5)cc4)C=CC3)cc2)c2ccc(N(c3ccccc3)c3ccccc3)cc2)cc1. The molecule has 0 fully saturated rings. The van der Waals surface area contributed by atoms with Gasteiger partial charge in [-0.1, -0.05) is 190 Å². The summed E-state index contributed by atoms with van der Waals surface area (Å²) in [6.45, 7) is 10.5. The molecule has 100 heavy (non-hydrogen) atoms. The maximum absolute atomic E-state index is 5.52. The van der Waals surface area contributed by atoms with Crippen molar-refractivity contribution in [2.75, 3.05) is 29.4 Å².